The van der Waals surface area contributed by atoms with Crippen LogP contribution in [0.4, 0.5) is 4.39 Å². The Hall–Kier alpha value is -2.43. The van der Waals surface area contributed by atoms with Crippen molar-refractivity contribution in [2.45, 2.75) is 13.5 Å². The Kier molecular flexibility index (Phi) is 4.87. The zero-order valence-corrected chi connectivity index (χ0v) is 12.0. The number of benzene rings is 1. The van der Waals surface area contributed by atoms with Crippen molar-refractivity contribution in [3.05, 3.63) is 59.7 Å². The molecule has 0 saturated heterocycles. The molecule has 5 heteroatoms. The molecule has 1 aromatic carbocycles. The van der Waals surface area contributed by atoms with Crippen molar-refractivity contribution in [1.29, 1.82) is 0 Å². The van der Waals surface area contributed by atoms with E-state index in [1.54, 1.807) is 13.1 Å². The average molecular weight is 288 g/mol. The van der Waals surface area contributed by atoms with Crippen LogP contribution in [0.15, 0.2) is 42.6 Å². The lowest BCUT2D eigenvalue weighted by atomic mass is 10.2. The topological polar surface area (TPSA) is 42.4 Å². The summed E-state index contributed by atoms with van der Waals surface area (Å²) in [5, 5.41) is 0. The van der Waals surface area contributed by atoms with E-state index in [1.165, 1.54) is 17.2 Å². The van der Waals surface area contributed by atoms with Crippen LogP contribution >= 0.6 is 0 Å². The molecule has 1 aromatic heterocycles. The minimum absolute atomic E-state index is 0.0223. The molecule has 0 aliphatic rings. The maximum atomic E-state index is 13.5. The number of hydrogen-bond donors (Lipinski definition) is 0. The highest BCUT2D eigenvalue weighted by atomic mass is 19.1. The lowest BCUT2D eigenvalue weighted by Crippen LogP contribution is -2.27. The highest BCUT2D eigenvalue weighted by Gasteiger charge is 2.16. The number of amides is 1. The predicted octanol–water partition coefficient (Wildman–Crippen LogP) is 2.89. The van der Waals surface area contributed by atoms with Crippen molar-refractivity contribution < 1.29 is 13.9 Å². The number of halogens is 1. The van der Waals surface area contributed by atoms with Crippen molar-refractivity contribution in [2.24, 2.45) is 0 Å². The van der Waals surface area contributed by atoms with Crippen LogP contribution in [-0.4, -0.2) is 29.4 Å². The largest absolute Gasteiger partial charge is 0.494 e. The first-order valence-electron chi connectivity index (χ1n) is 6.69. The molecule has 0 radical (unpaired) electrons. The van der Waals surface area contributed by atoms with Gasteiger partial charge in [0.25, 0.3) is 5.91 Å². The van der Waals surface area contributed by atoms with Crippen LogP contribution in [0.2, 0.25) is 0 Å². The average Bonchev–Trinajstić information content (AvgIpc) is 2.49. The number of ether oxygens (including phenoxy) is 1. The Bertz CT molecular complexity index is 614. The molecule has 4 nitrogen and oxygen atoms in total. The minimum Gasteiger partial charge on any atom is -0.494 e. The summed E-state index contributed by atoms with van der Waals surface area (Å²) in [4.78, 5) is 17.1. The van der Waals surface area contributed by atoms with Gasteiger partial charge in [-0.2, -0.15) is 4.39 Å². The van der Waals surface area contributed by atoms with E-state index in [2.05, 4.69) is 4.98 Å². The summed E-state index contributed by atoms with van der Waals surface area (Å²) >= 11 is 0. The number of carbonyl (C=O) groups excluding carboxylic acids is 1. The maximum absolute atomic E-state index is 13.5. The smallest absolute Gasteiger partial charge is 0.258 e. The third-order valence-electron chi connectivity index (χ3n) is 2.99. The second-order valence-electron chi connectivity index (χ2n) is 4.58. The summed E-state index contributed by atoms with van der Waals surface area (Å²) in [5.41, 5.74) is 0.921. The van der Waals surface area contributed by atoms with Gasteiger partial charge in [0.15, 0.2) is 0 Å². The quantitative estimate of drug-likeness (QED) is 0.794. The fourth-order valence-electron chi connectivity index (χ4n) is 1.95. The summed E-state index contributed by atoms with van der Waals surface area (Å²) in [6.45, 7) is 2.92. The van der Waals surface area contributed by atoms with Gasteiger partial charge in [-0.15, -0.1) is 0 Å². The first kappa shape index (κ1) is 15.0. The van der Waals surface area contributed by atoms with E-state index in [0.717, 1.165) is 11.3 Å². The van der Waals surface area contributed by atoms with E-state index in [1.807, 2.05) is 31.2 Å². The molecule has 0 fully saturated rings. The fraction of sp³-hybridized carbons (Fsp3) is 0.250. The second-order valence-corrected chi connectivity index (χ2v) is 4.58. The molecule has 0 N–H and O–H groups in total. The summed E-state index contributed by atoms with van der Waals surface area (Å²) in [5.74, 6) is -0.357. The lowest BCUT2D eigenvalue weighted by molar-refractivity contribution is 0.0779. The number of rotatable bonds is 5. The molecular weight excluding hydrogens is 271 g/mol. The van der Waals surface area contributed by atoms with Crippen LogP contribution in [-0.2, 0) is 6.54 Å². The molecule has 2 rings (SSSR count). The van der Waals surface area contributed by atoms with Crippen LogP contribution < -0.4 is 4.74 Å². The monoisotopic (exact) mass is 288 g/mol. The first-order chi connectivity index (χ1) is 10.1. The second kappa shape index (κ2) is 6.83. The molecule has 0 aliphatic carbocycles. The van der Waals surface area contributed by atoms with Gasteiger partial charge in [-0.3, -0.25) is 4.79 Å². The van der Waals surface area contributed by atoms with E-state index in [9.17, 15) is 9.18 Å². The van der Waals surface area contributed by atoms with Crippen molar-refractivity contribution >= 4 is 5.91 Å². The van der Waals surface area contributed by atoms with E-state index in [-0.39, 0.29) is 5.56 Å². The van der Waals surface area contributed by atoms with Crippen LogP contribution in [0.5, 0.6) is 5.75 Å². The normalized spacial score (nSPS) is 10.2. The molecule has 0 saturated carbocycles. The minimum atomic E-state index is -0.749. The van der Waals surface area contributed by atoms with Crippen molar-refractivity contribution in [1.82, 2.24) is 9.88 Å². The van der Waals surface area contributed by atoms with Crippen LogP contribution in [0.25, 0.3) is 0 Å². The molecule has 0 aliphatic heterocycles. The maximum Gasteiger partial charge on any atom is 0.258 e. The molecule has 1 heterocycles. The number of hydrogen-bond acceptors (Lipinski definition) is 3. The zero-order chi connectivity index (χ0) is 15.2. The Morgan fingerprint density at radius 2 is 2.00 bits per heavy atom. The number of pyridine rings is 1. The van der Waals surface area contributed by atoms with Gasteiger partial charge in [-0.1, -0.05) is 12.1 Å². The molecule has 2 aromatic rings. The van der Waals surface area contributed by atoms with E-state index in [4.69, 9.17) is 4.74 Å². The van der Waals surface area contributed by atoms with Gasteiger partial charge in [0, 0.05) is 19.8 Å². The molecular formula is C16H17FN2O2. The van der Waals surface area contributed by atoms with E-state index < -0.39 is 11.9 Å². The van der Waals surface area contributed by atoms with Gasteiger partial charge in [0.05, 0.1) is 12.2 Å². The first-order valence-corrected chi connectivity index (χ1v) is 6.69. The van der Waals surface area contributed by atoms with Crippen LogP contribution in [0.3, 0.4) is 0 Å². The summed E-state index contributed by atoms with van der Waals surface area (Å²) in [6.07, 6.45) is 1.32. The SMILES string of the molecule is CCOc1ccc(CN(C)C(=O)c2cccnc2F)cc1. The van der Waals surface area contributed by atoms with Gasteiger partial charge in [0.2, 0.25) is 5.95 Å². The molecule has 0 atom stereocenters. The van der Waals surface area contributed by atoms with Crippen LogP contribution in [0, 0.1) is 5.95 Å². The number of carbonyl (C=O) groups is 1. The fourth-order valence-corrected chi connectivity index (χ4v) is 1.95. The Labute approximate surface area is 123 Å². The lowest BCUT2D eigenvalue weighted by Gasteiger charge is -2.17. The third kappa shape index (κ3) is 3.78. The van der Waals surface area contributed by atoms with Gasteiger partial charge < -0.3 is 9.64 Å². The molecule has 0 unspecified atom stereocenters. The Morgan fingerprint density at radius 3 is 2.62 bits per heavy atom. The van der Waals surface area contributed by atoms with Crippen molar-refractivity contribution in [3.63, 3.8) is 0 Å². The third-order valence-corrected chi connectivity index (χ3v) is 2.99. The highest BCUT2D eigenvalue weighted by Crippen LogP contribution is 2.14. The van der Waals surface area contributed by atoms with E-state index >= 15 is 0 Å². The molecule has 0 bridgehead atoms. The number of nitrogens with zero attached hydrogens (tertiary/aromatic N) is 2. The highest BCUT2D eigenvalue weighted by molar-refractivity contribution is 5.93. The standard InChI is InChI=1S/C16H17FN2O2/c1-3-21-13-8-6-12(7-9-13)11-19(2)16(20)14-5-4-10-18-15(14)17/h4-10H,3,11H2,1-2H3. The van der Waals surface area contributed by atoms with Crippen molar-refractivity contribution in [2.75, 3.05) is 13.7 Å². The van der Waals surface area contributed by atoms with E-state index in [0.29, 0.717) is 13.2 Å². The van der Waals surface area contributed by atoms with Gasteiger partial charge >= 0.3 is 0 Å². The summed E-state index contributed by atoms with van der Waals surface area (Å²) < 4.78 is 18.9. The van der Waals surface area contributed by atoms with Crippen LogP contribution in [0.1, 0.15) is 22.8 Å². The number of aromatic nitrogens is 1. The molecule has 0 spiro atoms. The molecule has 21 heavy (non-hydrogen) atoms. The Morgan fingerprint density at radius 1 is 1.29 bits per heavy atom. The summed E-state index contributed by atoms with van der Waals surface area (Å²) in [6, 6.07) is 10.4. The van der Waals surface area contributed by atoms with Gasteiger partial charge in [-0.25, -0.2) is 4.98 Å². The van der Waals surface area contributed by atoms with Crippen molar-refractivity contribution in [3.8, 4) is 5.75 Å². The molecule has 110 valence electrons. The zero-order valence-electron chi connectivity index (χ0n) is 12.0. The van der Waals surface area contributed by atoms with Gasteiger partial charge in [-0.05, 0) is 36.8 Å². The Balaban J connectivity index is 2.05. The van der Waals surface area contributed by atoms with Gasteiger partial charge in [0.1, 0.15) is 5.75 Å². The summed E-state index contributed by atoms with van der Waals surface area (Å²) in [7, 11) is 1.63. The predicted molar refractivity (Wildman–Crippen MR) is 77.6 cm³/mol. The molecule has 1 amide bonds.